The number of nitrogens with zero attached hydrogens (tertiary/aromatic N) is 2. The zero-order valence-corrected chi connectivity index (χ0v) is 9.23. The van der Waals surface area contributed by atoms with E-state index in [0.29, 0.717) is 18.3 Å². The summed E-state index contributed by atoms with van der Waals surface area (Å²) < 4.78 is 2.02. The molecule has 1 aliphatic rings. The maximum atomic E-state index is 11.1. The number of rotatable bonds is 3. The molecule has 0 saturated carbocycles. The van der Waals surface area contributed by atoms with E-state index in [1.165, 1.54) is 5.69 Å². The minimum absolute atomic E-state index is 0.150. The molecule has 4 nitrogen and oxygen atoms in total. The van der Waals surface area contributed by atoms with Crippen LogP contribution in [-0.4, -0.2) is 22.2 Å². The van der Waals surface area contributed by atoms with Gasteiger partial charge in [-0.3, -0.25) is 9.48 Å². The van der Waals surface area contributed by atoms with Gasteiger partial charge >= 0.3 is 0 Å². The Bertz CT molecular complexity index is 356. The lowest BCUT2D eigenvalue weighted by molar-refractivity contribution is -0.119. The van der Waals surface area contributed by atoms with Crippen LogP contribution in [0.15, 0.2) is 12.3 Å². The number of hydrogen-bond acceptors (Lipinski definition) is 2. The van der Waals surface area contributed by atoms with E-state index in [0.717, 1.165) is 13.1 Å². The van der Waals surface area contributed by atoms with Gasteiger partial charge in [-0.1, -0.05) is 13.8 Å². The van der Waals surface area contributed by atoms with Gasteiger partial charge in [0.05, 0.1) is 0 Å². The highest BCUT2D eigenvalue weighted by molar-refractivity contribution is 5.79. The van der Waals surface area contributed by atoms with Crippen molar-refractivity contribution in [2.45, 2.75) is 32.7 Å². The topological polar surface area (TPSA) is 46.9 Å². The van der Waals surface area contributed by atoms with E-state index < -0.39 is 0 Å². The van der Waals surface area contributed by atoms with E-state index >= 15 is 0 Å². The van der Waals surface area contributed by atoms with E-state index in [9.17, 15) is 4.79 Å². The van der Waals surface area contributed by atoms with Gasteiger partial charge in [0.15, 0.2) is 0 Å². The Morgan fingerprint density at radius 3 is 3.07 bits per heavy atom. The lowest BCUT2D eigenvalue weighted by atomic mass is 10.0. The molecule has 1 aromatic heterocycles. The standard InChI is InChI=1S/C11H17N3O/c1-8(2)7-14-10(3-4-13-14)9-5-11(15)12-6-9/h3-4,8-9H,5-7H2,1-2H3,(H,12,15). The average Bonchev–Trinajstić information content (AvgIpc) is 2.72. The van der Waals surface area contributed by atoms with Crippen molar-refractivity contribution in [2.75, 3.05) is 6.54 Å². The fourth-order valence-corrected chi connectivity index (χ4v) is 2.00. The van der Waals surface area contributed by atoms with Crippen LogP contribution in [0, 0.1) is 5.92 Å². The molecule has 1 amide bonds. The van der Waals surface area contributed by atoms with Gasteiger partial charge in [-0.2, -0.15) is 5.10 Å². The van der Waals surface area contributed by atoms with Gasteiger partial charge in [0, 0.05) is 37.3 Å². The molecule has 1 aliphatic heterocycles. The van der Waals surface area contributed by atoms with E-state index in [-0.39, 0.29) is 5.91 Å². The molecule has 4 heteroatoms. The monoisotopic (exact) mass is 207 g/mol. The molecule has 1 atom stereocenters. The van der Waals surface area contributed by atoms with Crippen LogP contribution in [0.2, 0.25) is 0 Å². The van der Waals surface area contributed by atoms with E-state index in [2.05, 4.69) is 24.3 Å². The zero-order valence-electron chi connectivity index (χ0n) is 9.23. The van der Waals surface area contributed by atoms with Crippen LogP contribution in [-0.2, 0) is 11.3 Å². The molecular weight excluding hydrogens is 190 g/mol. The molecule has 0 radical (unpaired) electrons. The molecule has 2 heterocycles. The Hall–Kier alpha value is -1.32. The number of aromatic nitrogens is 2. The van der Waals surface area contributed by atoms with Crippen LogP contribution >= 0.6 is 0 Å². The van der Waals surface area contributed by atoms with E-state index in [1.54, 1.807) is 0 Å². The molecule has 1 N–H and O–H groups in total. The Balaban J connectivity index is 2.14. The fourth-order valence-electron chi connectivity index (χ4n) is 2.00. The second-order valence-corrected chi connectivity index (χ2v) is 4.54. The predicted molar refractivity (Wildman–Crippen MR) is 57.4 cm³/mol. The number of hydrogen-bond donors (Lipinski definition) is 1. The van der Waals surface area contributed by atoms with Gasteiger partial charge in [-0.05, 0) is 12.0 Å². The van der Waals surface area contributed by atoms with Crippen molar-refractivity contribution in [3.05, 3.63) is 18.0 Å². The first kappa shape index (κ1) is 10.2. The second kappa shape index (κ2) is 4.04. The fraction of sp³-hybridized carbons (Fsp3) is 0.636. The van der Waals surface area contributed by atoms with Crippen LogP contribution in [0.5, 0.6) is 0 Å². The molecule has 0 aromatic carbocycles. The summed E-state index contributed by atoms with van der Waals surface area (Å²) in [6.45, 7) is 6.02. The van der Waals surface area contributed by atoms with Gasteiger partial charge in [0.1, 0.15) is 0 Å². The minimum atomic E-state index is 0.150. The van der Waals surface area contributed by atoms with E-state index in [4.69, 9.17) is 0 Å². The van der Waals surface area contributed by atoms with Crippen molar-refractivity contribution >= 4 is 5.91 Å². The van der Waals surface area contributed by atoms with Crippen LogP contribution in [0.1, 0.15) is 31.9 Å². The molecule has 2 rings (SSSR count). The first-order valence-corrected chi connectivity index (χ1v) is 5.45. The first-order chi connectivity index (χ1) is 7.16. The maximum absolute atomic E-state index is 11.1. The summed E-state index contributed by atoms with van der Waals surface area (Å²) in [4.78, 5) is 11.1. The van der Waals surface area contributed by atoms with E-state index in [1.807, 2.05) is 16.9 Å². The molecule has 82 valence electrons. The molecular formula is C11H17N3O. The van der Waals surface area contributed by atoms with Crippen molar-refractivity contribution in [2.24, 2.45) is 5.92 Å². The summed E-state index contributed by atoms with van der Waals surface area (Å²) in [5.41, 5.74) is 1.18. The lowest BCUT2D eigenvalue weighted by Gasteiger charge is -2.13. The normalized spacial score (nSPS) is 21.0. The summed E-state index contributed by atoms with van der Waals surface area (Å²) >= 11 is 0. The van der Waals surface area contributed by atoms with Crippen molar-refractivity contribution in [1.29, 1.82) is 0 Å². The predicted octanol–water partition coefficient (Wildman–Crippen LogP) is 1.14. The van der Waals surface area contributed by atoms with Crippen molar-refractivity contribution in [3.8, 4) is 0 Å². The highest BCUT2D eigenvalue weighted by Crippen LogP contribution is 2.23. The summed E-state index contributed by atoms with van der Waals surface area (Å²) in [5, 5.41) is 7.16. The molecule has 0 bridgehead atoms. The smallest absolute Gasteiger partial charge is 0.220 e. The minimum Gasteiger partial charge on any atom is -0.355 e. The lowest BCUT2D eigenvalue weighted by Crippen LogP contribution is -2.16. The highest BCUT2D eigenvalue weighted by Gasteiger charge is 2.25. The van der Waals surface area contributed by atoms with Crippen molar-refractivity contribution in [1.82, 2.24) is 15.1 Å². The maximum Gasteiger partial charge on any atom is 0.220 e. The van der Waals surface area contributed by atoms with Crippen LogP contribution in [0.25, 0.3) is 0 Å². The molecule has 1 aromatic rings. The second-order valence-electron chi connectivity index (χ2n) is 4.54. The Kier molecular flexibility index (Phi) is 2.75. The summed E-state index contributed by atoms with van der Waals surface area (Å²) in [7, 11) is 0. The van der Waals surface area contributed by atoms with Gasteiger partial charge in [0.2, 0.25) is 5.91 Å². The Morgan fingerprint density at radius 2 is 2.47 bits per heavy atom. The highest BCUT2D eigenvalue weighted by atomic mass is 16.1. The molecule has 15 heavy (non-hydrogen) atoms. The molecule has 0 aliphatic carbocycles. The van der Waals surface area contributed by atoms with Gasteiger partial charge in [0.25, 0.3) is 0 Å². The molecule has 0 spiro atoms. The molecule has 1 saturated heterocycles. The molecule has 1 unspecified atom stereocenters. The number of nitrogens with one attached hydrogen (secondary N) is 1. The average molecular weight is 207 g/mol. The summed E-state index contributed by atoms with van der Waals surface area (Å²) in [5.74, 6) is 1.03. The summed E-state index contributed by atoms with van der Waals surface area (Å²) in [6.07, 6.45) is 2.42. The zero-order chi connectivity index (χ0) is 10.8. The van der Waals surface area contributed by atoms with Crippen molar-refractivity contribution < 1.29 is 4.79 Å². The molecule has 1 fully saturated rings. The van der Waals surface area contributed by atoms with Gasteiger partial charge < -0.3 is 5.32 Å². The van der Waals surface area contributed by atoms with Gasteiger partial charge in [-0.25, -0.2) is 0 Å². The Morgan fingerprint density at radius 1 is 1.67 bits per heavy atom. The summed E-state index contributed by atoms with van der Waals surface area (Å²) in [6, 6.07) is 2.02. The van der Waals surface area contributed by atoms with Gasteiger partial charge in [-0.15, -0.1) is 0 Å². The number of carbonyl (C=O) groups excluding carboxylic acids is 1. The first-order valence-electron chi connectivity index (χ1n) is 5.45. The van der Waals surface area contributed by atoms with Crippen LogP contribution < -0.4 is 5.32 Å². The third-order valence-corrected chi connectivity index (χ3v) is 2.68. The third kappa shape index (κ3) is 2.19. The number of carbonyl (C=O) groups is 1. The Labute approximate surface area is 89.7 Å². The quantitative estimate of drug-likeness (QED) is 0.808. The largest absolute Gasteiger partial charge is 0.355 e. The third-order valence-electron chi connectivity index (χ3n) is 2.68. The van der Waals surface area contributed by atoms with Crippen molar-refractivity contribution in [3.63, 3.8) is 0 Å². The number of amides is 1. The van der Waals surface area contributed by atoms with Crippen LogP contribution in [0.3, 0.4) is 0 Å². The SMILES string of the molecule is CC(C)Cn1nccc1C1CNC(=O)C1. The van der Waals surface area contributed by atoms with Crippen LogP contribution in [0.4, 0.5) is 0 Å².